The van der Waals surface area contributed by atoms with Gasteiger partial charge in [-0.2, -0.15) is 4.98 Å². The van der Waals surface area contributed by atoms with Gasteiger partial charge in [0.1, 0.15) is 5.52 Å². The fourth-order valence-electron chi connectivity index (χ4n) is 1.52. The van der Waals surface area contributed by atoms with Crippen molar-refractivity contribution >= 4 is 38.7 Å². The van der Waals surface area contributed by atoms with E-state index in [0.29, 0.717) is 11.7 Å². The maximum Gasteiger partial charge on any atom is 0.224 e. The minimum atomic E-state index is 0.241. The van der Waals surface area contributed by atoms with Crippen LogP contribution in [0.4, 0.5) is 0 Å². The van der Waals surface area contributed by atoms with E-state index in [0.717, 1.165) is 10.3 Å². The molecule has 4 nitrogen and oxygen atoms in total. The summed E-state index contributed by atoms with van der Waals surface area (Å²) in [7, 11) is 0. The molecule has 0 bridgehead atoms. The number of nitrogens with zero attached hydrogens (tertiary/aromatic N) is 4. The fraction of sp³-hybridized carbons (Fsp3) is 0.375. The molecule has 0 radical (unpaired) electrons. The lowest BCUT2D eigenvalue weighted by Gasteiger charge is -2.00. The molecule has 0 spiro atoms. The first-order chi connectivity index (χ1) is 6.75. The summed E-state index contributed by atoms with van der Waals surface area (Å²) in [5, 5.41) is 0.241. The summed E-state index contributed by atoms with van der Waals surface area (Å²) < 4.78 is 2.93. The van der Waals surface area contributed by atoms with Crippen molar-refractivity contribution in [2.45, 2.75) is 18.9 Å². The Bertz CT molecular complexity index is 505. The van der Waals surface area contributed by atoms with Crippen molar-refractivity contribution in [1.82, 2.24) is 19.5 Å². The standard InChI is InChI=1S/C8H6BrClN4/c9-7-12-6-5(3-11-8(10)13-6)14(7)4-1-2-4/h3-4H,1-2H2. The van der Waals surface area contributed by atoms with Crippen molar-refractivity contribution in [3.05, 3.63) is 16.2 Å². The summed E-state index contributed by atoms with van der Waals surface area (Å²) in [5.74, 6) is 0. The van der Waals surface area contributed by atoms with E-state index in [1.54, 1.807) is 6.20 Å². The van der Waals surface area contributed by atoms with Crippen LogP contribution in [0.1, 0.15) is 18.9 Å². The van der Waals surface area contributed by atoms with Gasteiger partial charge in [-0.1, -0.05) is 0 Å². The molecule has 1 aliphatic carbocycles. The number of hydrogen-bond acceptors (Lipinski definition) is 3. The Hall–Kier alpha value is -0.680. The van der Waals surface area contributed by atoms with Crippen LogP contribution < -0.4 is 0 Å². The van der Waals surface area contributed by atoms with Crippen LogP contribution in [0, 0.1) is 0 Å². The molecule has 0 aromatic carbocycles. The molecule has 0 N–H and O–H groups in total. The van der Waals surface area contributed by atoms with Crippen molar-refractivity contribution in [2.24, 2.45) is 0 Å². The van der Waals surface area contributed by atoms with Gasteiger partial charge in [0.2, 0.25) is 5.28 Å². The summed E-state index contributed by atoms with van der Waals surface area (Å²) in [4.78, 5) is 12.3. The maximum absolute atomic E-state index is 5.69. The van der Waals surface area contributed by atoms with E-state index in [2.05, 4.69) is 35.4 Å². The average Bonchev–Trinajstić information content (AvgIpc) is 2.89. The van der Waals surface area contributed by atoms with Crippen molar-refractivity contribution in [2.75, 3.05) is 0 Å². The molecule has 72 valence electrons. The van der Waals surface area contributed by atoms with E-state index in [4.69, 9.17) is 11.6 Å². The molecule has 0 atom stereocenters. The SMILES string of the molecule is Clc1ncc2c(n1)nc(Br)n2C1CC1. The zero-order chi connectivity index (χ0) is 9.71. The lowest BCUT2D eigenvalue weighted by atomic mass is 10.5. The zero-order valence-electron chi connectivity index (χ0n) is 7.11. The summed E-state index contributed by atoms with van der Waals surface area (Å²) in [6.07, 6.45) is 4.13. The molecular weight excluding hydrogens is 267 g/mol. The van der Waals surface area contributed by atoms with Crippen LogP contribution in [-0.4, -0.2) is 19.5 Å². The third-order valence-electron chi connectivity index (χ3n) is 2.29. The highest BCUT2D eigenvalue weighted by molar-refractivity contribution is 9.10. The molecule has 0 saturated heterocycles. The van der Waals surface area contributed by atoms with Gasteiger partial charge >= 0.3 is 0 Å². The van der Waals surface area contributed by atoms with Crippen LogP contribution in [0.25, 0.3) is 11.2 Å². The van der Waals surface area contributed by atoms with Crippen molar-refractivity contribution in [3.63, 3.8) is 0 Å². The van der Waals surface area contributed by atoms with Crippen LogP contribution in [0.2, 0.25) is 5.28 Å². The Morgan fingerprint density at radius 3 is 2.93 bits per heavy atom. The second-order valence-corrected chi connectivity index (χ2v) is 4.38. The summed E-state index contributed by atoms with van der Waals surface area (Å²) in [6, 6.07) is 0.555. The highest BCUT2D eigenvalue weighted by Gasteiger charge is 2.28. The van der Waals surface area contributed by atoms with Crippen LogP contribution in [0.3, 0.4) is 0 Å². The van der Waals surface area contributed by atoms with Crippen molar-refractivity contribution in [1.29, 1.82) is 0 Å². The molecule has 1 aliphatic rings. The highest BCUT2D eigenvalue weighted by atomic mass is 79.9. The molecule has 0 unspecified atom stereocenters. The van der Waals surface area contributed by atoms with Gasteiger partial charge in [0, 0.05) is 6.04 Å². The average molecular weight is 274 g/mol. The van der Waals surface area contributed by atoms with Crippen LogP contribution in [0.5, 0.6) is 0 Å². The predicted octanol–water partition coefficient (Wildman–Crippen LogP) is 2.58. The Balaban J connectivity index is 2.32. The third kappa shape index (κ3) is 1.23. The number of hydrogen-bond donors (Lipinski definition) is 0. The fourth-order valence-corrected chi connectivity index (χ4v) is 2.30. The van der Waals surface area contributed by atoms with Gasteiger partial charge in [-0.15, -0.1) is 0 Å². The molecular formula is C8H6BrClN4. The Labute approximate surface area is 93.5 Å². The predicted molar refractivity (Wildman–Crippen MR) is 56.3 cm³/mol. The topological polar surface area (TPSA) is 43.6 Å². The van der Waals surface area contributed by atoms with Crippen molar-refractivity contribution < 1.29 is 0 Å². The number of aromatic nitrogens is 4. The third-order valence-corrected chi connectivity index (χ3v) is 3.03. The Morgan fingerprint density at radius 2 is 2.21 bits per heavy atom. The van der Waals surface area contributed by atoms with Crippen LogP contribution >= 0.6 is 27.5 Å². The smallest absolute Gasteiger partial charge is 0.224 e. The van der Waals surface area contributed by atoms with Crippen LogP contribution in [-0.2, 0) is 0 Å². The number of fused-ring (bicyclic) bond motifs is 1. The summed E-state index contributed by atoms with van der Waals surface area (Å²) >= 11 is 9.10. The first-order valence-electron chi connectivity index (χ1n) is 4.31. The largest absolute Gasteiger partial charge is 0.313 e. The molecule has 2 aromatic rings. The lowest BCUT2D eigenvalue weighted by Crippen LogP contribution is -1.94. The van der Waals surface area contributed by atoms with Crippen molar-refractivity contribution in [3.8, 4) is 0 Å². The molecule has 2 aromatic heterocycles. The summed E-state index contributed by atoms with van der Waals surface area (Å²) in [5.41, 5.74) is 1.60. The number of rotatable bonds is 1. The first kappa shape index (κ1) is 8.61. The molecule has 0 aliphatic heterocycles. The molecule has 1 saturated carbocycles. The Morgan fingerprint density at radius 1 is 1.43 bits per heavy atom. The van der Waals surface area contributed by atoms with Gasteiger partial charge in [-0.3, -0.25) is 0 Å². The number of imidazole rings is 1. The second kappa shape index (κ2) is 2.90. The van der Waals surface area contributed by atoms with E-state index >= 15 is 0 Å². The molecule has 3 rings (SSSR count). The normalized spacial score (nSPS) is 16.4. The van der Waals surface area contributed by atoms with Gasteiger partial charge in [0.05, 0.1) is 6.20 Å². The monoisotopic (exact) mass is 272 g/mol. The van der Waals surface area contributed by atoms with E-state index in [-0.39, 0.29) is 5.28 Å². The van der Waals surface area contributed by atoms with E-state index in [1.807, 2.05) is 0 Å². The molecule has 6 heteroatoms. The second-order valence-electron chi connectivity index (χ2n) is 3.33. The lowest BCUT2D eigenvalue weighted by molar-refractivity contribution is 0.744. The van der Waals surface area contributed by atoms with E-state index in [9.17, 15) is 0 Å². The van der Waals surface area contributed by atoms with Gasteiger partial charge in [0.25, 0.3) is 0 Å². The molecule has 2 heterocycles. The van der Waals surface area contributed by atoms with E-state index < -0.39 is 0 Å². The Kier molecular flexibility index (Phi) is 1.79. The minimum Gasteiger partial charge on any atom is -0.313 e. The van der Waals surface area contributed by atoms with E-state index in [1.165, 1.54) is 12.8 Å². The first-order valence-corrected chi connectivity index (χ1v) is 5.49. The quantitative estimate of drug-likeness (QED) is 0.592. The van der Waals surface area contributed by atoms with Gasteiger partial charge in [-0.05, 0) is 40.4 Å². The zero-order valence-corrected chi connectivity index (χ0v) is 9.46. The van der Waals surface area contributed by atoms with Gasteiger partial charge in [0.15, 0.2) is 10.4 Å². The molecule has 14 heavy (non-hydrogen) atoms. The molecule has 1 fully saturated rings. The maximum atomic E-state index is 5.69. The summed E-state index contributed by atoms with van der Waals surface area (Å²) in [6.45, 7) is 0. The number of halogens is 2. The highest BCUT2D eigenvalue weighted by Crippen LogP contribution is 2.39. The minimum absolute atomic E-state index is 0.241. The van der Waals surface area contributed by atoms with Crippen LogP contribution in [0.15, 0.2) is 10.9 Å². The molecule has 0 amide bonds. The van der Waals surface area contributed by atoms with Gasteiger partial charge in [-0.25, -0.2) is 9.97 Å². The van der Waals surface area contributed by atoms with Gasteiger partial charge < -0.3 is 4.57 Å².